The Kier molecular flexibility index (Phi) is 5.05. The molecule has 7 nitrogen and oxygen atoms in total. The van der Waals surface area contributed by atoms with Crippen LogP contribution in [-0.2, 0) is 16.0 Å². The third kappa shape index (κ3) is 4.73. The summed E-state index contributed by atoms with van der Waals surface area (Å²) >= 11 is 0. The third-order valence-electron chi connectivity index (χ3n) is 2.70. The molecule has 1 aromatic heterocycles. The van der Waals surface area contributed by atoms with Gasteiger partial charge in [0.2, 0.25) is 0 Å². The van der Waals surface area contributed by atoms with Gasteiger partial charge in [-0.15, -0.1) is 0 Å². The maximum Gasteiger partial charge on any atom is 0.314 e. The molecule has 1 atom stereocenters. The minimum atomic E-state index is -0.865. The third-order valence-corrected chi connectivity index (χ3v) is 2.70. The molecule has 0 saturated carbocycles. The van der Waals surface area contributed by atoms with Crippen LogP contribution in [-0.4, -0.2) is 34.7 Å². The lowest BCUT2D eigenvalue weighted by molar-refractivity contribution is -0.136. The van der Waals surface area contributed by atoms with Crippen molar-refractivity contribution in [2.45, 2.75) is 12.5 Å². The summed E-state index contributed by atoms with van der Waals surface area (Å²) in [6.45, 7) is -0.0139. The van der Waals surface area contributed by atoms with E-state index in [-0.39, 0.29) is 12.4 Å². The quantitative estimate of drug-likeness (QED) is 0.688. The topological polar surface area (TPSA) is 104 Å². The molecular formula is C14H15N3O4. The van der Waals surface area contributed by atoms with Gasteiger partial charge in [0.15, 0.2) is 5.82 Å². The van der Waals surface area contributed by atoms with E-state index in [2.05, 4.69) is 20.3 Å². The molecule has 1 heterocycles. The van der Waals surface area contributed by atoms with Gasteiger partial charge < -0.3 is 14.9 Å². The number of aliphatic hydroxyl groups excluding tert-OH is 1. The van der Waals surface area contributed by atoms with Crippen molar-refractivity contribution in [1.82, 2.24) is 10.5 Å². The normalized spacial score (nSPS) is 11.7. The molecular weight excluding hydrogens is 274 g/mol. The molecule has 2 aromatic rings. The number of anilines is 1. The first-order chi connectivity index (χ1) is 10.1. The SMILES string of the molecule is O=C(NCC(O)Cc1ccccc1)C(=O)Nc1ccon1. The van der Waals surface area contributed by atoms with Crippen LogP contribution in [0.25, 0.3) is 0 Å². The average Bonchev–Trinajstić information content (AvgIpc) is 2.98. The number of carbonyl (C=O) groups is 2. The van der Waals surface area contributed by atoms with Gasteiger partial charge in [0.1, 0.15) is 6.26 Å². The number of hydrogen-bond acceptors (Lipinski definition) is 5. The van der Waals surface area contributed by atoms with Crippen LogP contribution < -0.4 is 10.6 Å². The molecule has 1 aromatic carbocycles. The van der Waals surface area contributed by atoms with E-state index >= 15 is 0 Å². The van der Waals surface area contributed by atoms with Crippen molar-refractivity contribution in [3.8, 4) is 0 Å². The Morgan fingerprint density at radius 1 is 1.19 bits per heavy atom. The van der Waals surface area contributed by atoms with Gasteiger partial charge in [-0.3, -0.25) is 14.9 Å². The van der Waals surface area contributed by atoms with E-state index in [1.807, 2.05) is 30.3 Å². The standard InChI is InChI=1S/C14H15N3O4/c18-11(8-10-4-2-1-3-5-10)9-15-13(19)14(20)16-12-6-7-21-17-12/h1-7,11,18H,8-9H2,(H,15,19)(H,16,17,20). The van der Waals surface area contributed by atoms with Crippen LogP contribution in [0, 0.1) is 0 Å². The van der Waals surface area contributed by atoms with E-state index < -0.39 is 17.9 Å². The molecule has 110 valence electrons. The first-order valence-corrected chi connectivity index (χ1v) is 6.36. The summed E-state index contributed by atoms with van der Waals surface area (Å²) in [5, 5.41) is 17.9. The van der Waals surface area contributed by atoms with Gasteiger partial charge in [-0.1, -0.05) is 35.5 Å². The Morgan fingerprint density at radius 3 is 2.62 bits per heavy atom. The molecule has 2 rings (SSSR count). The van der Waals surface area contributed by atoms with E-state index in [1.54, 1.807) is 0 Å². The molecule has 7 heteroatoms. The van der Waals surface area contributed by atoms with E-state index in [1.165, 1.54) is 12.3 Å². The number of hydrogen-bond donors (Lipinski definition) is 3. The minimum absolute atomic E-state index is 0.0139. The highest BCUT2D eigenvalue weighted by Crippen LogP contribution is 2.03. The monoisotopic (exact) mass is 289 g/mol. The molecule has 2 amide bonds. The van der Waals surface area contributed by atoms with Crippen molar-refractivity contribution in [1.29, 1.82) is 0 Å². The molecule has 0 bridgehead atoms. The zero-order valence-corrected chi connectivity index (χ0v) is 11.2. The van der Waals surface area contributed by atoms with Gasteiger partial charge in [-0.2, -0.15) is 0 Å². The van der Waals surface area contributed by atoms with Crippen molar-refractivity contribution < 1.29 is 19.2 Å². The fourth-order valence-electron chi connectivity index (χ4n) is 1.70. The van der Waals surface area contributed by atoms with Crippen LogP contribution in [0.1, 0.15) is 5.56 Å². The van der Waals surface area contributed by atoms with E-state index in [4.69, 9.17) is 0 Å². The number of rotatable bonds is 5. The molecule has 0 fully saturated rings. The van der Waals surface area contributed by atoms with Crippen molar-refractivity contribution in [3.05, 3.63) is 48.2 Å². The summed E-state index contributed by atoms with van der Waals surface area (Å²) in [7, 11) is 0. The van der Waals surface area contributed by atoms with Crippen molar-refractivity contribution >= 4 is 17.6 Å². The lowest BCUT2D eigenvalue weighted by atomic mass is 10.1. The summed E-state index contributed by atoms with van der Waals surface area (Å²) < 4.78 is 4.52. The number of aromatic nitrogens is 1. The number of amides is 2. The van der Waals surface area contributed by atoms with E-state index in [0.29, 0.717) is 6.42 Å². The molecule has 0 radical (unpaired) electrons. The van der Waals surface area contributed by atoms with Crippen LogP contribution in [0.4, 0.5) is 5.82 Å². The smallest absolute Gasteiger partial charge is 0.314 e. The number of carbonyl (C=O) groups excluding carboxylic acids is 2. The Balaban J connectivity index is 1.74. The van der Waals surface area contributed by atoms with Crippen molar-refractivity contribution in [2.75, 3.05) is 11.9 Å². The highest BCUT2D eigenvalue weighted by Gasteiger charge is 2.16. The zero-order chi connectivity index (χ0) is 15.1. The zero-order valence-electron chi connectivity index (χ0n) is 11.2. The lowest BCUT2D eigenvalue weighted by Crippen LogP contribution is -2.40. The molecule has 21 heavy (non-hydrogen) atoms. The molecule has 0 aliphatic carbocycles. The number of benzene rings is 1. The van der Waals surface area contributed by atoms with Gasteiger partial charge in [0.25, 0.3) is 0 Å². The van der Waals surface area contributed by atoms with Crippen LogP contribution in [0.5, 0.6) is 0 Å². The maximum atomic E-state index is 11.5. The van der Waals surface area contributed by atoms with Crippen LogP contribution in [0.3, 0.4) is 0 Å². The highest BCUT2D eigenvalue weighted by molar-refractivity contribution is 6.39. The highest BCUT2D eigenvalue weighted by atomic mass is 16.5. The van der Waals surface area contributed by atoms with Gasteiger partial charge >= 0.3 is 11.8 Å². The van der Waals surface area contributed by atoms with Crippen molar-refractivity contribution in [3.63, 3.8) is 0 Å². The molecule has 0 saturated heterocycles. The summed E-state index contributed by atoms with van der Waals surface area (Å²) in [4.78, 5) is 23.0. The lowest BCUT2D eigenvalue weighted by Gasteiger charge is -2.11. The average molecular weight is 289 g/mol. The summed E-state index contributed by atoms with van der Waals surface area (Å²) in [5.41, 5.74) is 0.950. The number of nitrogens with zero attached hydrogens (tertiary/aromatic N) is 1. The van der Waals surface area contributed by atoms with Gasteiger partial charge in [0.05, 0.1) is 6.10 Å². The molecule has 0 spiro atoms. The van der Waals surface area contributed by atoms with Crippen LogP contribution in [0.15, 0.2) is 47.2 Å². The second-order valence-corrected chi connectivity index (χ2v) is 4.39. The number of nitrogens with one attached hydrogen (secondary N) is 2. The Morgan fingerprint density at radius 2 is 1.95 bits per heavy atom. The second-order valence-electron chi connectivity index (χ2n) is 4.39. The Labute approximate surface area is 120 Å². The Bertz CT molecular complexity index is 584. The molecule has 3 N–H and O–H groups in total. The van der Waals surface area contributed by atoms with E-state index in [0.717, 1.165) is 5.56 Å². The second kappa shape index (κ2) is 7.20. The van der Waals surface area contributed by atoms with Crippen molar-refractivity contribution in [2.24, 2.45) is 0 Å². The molecule has 0 aliphatic rings. The maximum absolute atomic E-state index is 11.5. The predicted molar refractivity (Wildman–Crippen MR) is 74.3 cm³/mol. The predicted octanol–water partition coefficient (Wildman–Crippen LogP) is 0.333. The summed E-state index contributed by atoms with van der Waals surface area (Å²) in [5.74, 6) is -1.55. The number of aliphatic hydroxyl groups is 1. The molecule has 1 unspecified atom stereocenters. The molecule has 0 aliphatic heterocycles. The first kappa shape index (κ1) is 14.7. The first-order valence-electron chi connectivity index (χ1n) is 6.36. The van der Waals surface area contributed by atoms with Gasteiger partial charge in [-0.05, 0) is 5.56 Å². The van der Waals surface area contributed by atoms with Crippen LogP contribution in [0.2, 0.25) is 0 Å². The fourth-order valence-corrected chi connectivity index (χ4v) is 1.70. The van der Waals surface area contributed by atoms with E-state index in [9.17, 15) is 14.7 Å². The van der Waals surface area contributed by atoms with Crippen LogP contribution >= 0.6 is 0 Å². The van der Waals surface area contributed by atoms with Gasteiger partial charge in [0, 0.05) is 19.0 Å². The van der Waals surface area contributed by atoms with Gasteiger partial charge in [-0.25, -0.2) is 0 Å². The largest absolute Gasteiger partial charge is 0.391 e. The Hall–Kier alpha value is -2.67. The fraction of sp³-hybridized carbons (Fsp3) is 0.214. The minimum Gasteiger partial charge on any atom is -0.391 e. The summed E-state index contributed by atoms with van der Waals surface area (Å²) in [6.07, 6.45) is 0.902. The summed E-state index contributed by atoms with van der Waals surface area (Å²) in [6, 6.07) is 10.8.